The molecule has 2 aromatic carbocycles. The number of benzene rings is 2. The number of para-hydroxylation sites is 2. The highest BCUT2D eigenvalue weighted by molar-refractivity contribution is 7.92. The molecule has 2 aromatic rings. The van der Waals surface area contributed by atoms with Gasteiger partial charge >= 0.3 is 0 Å². The number of carbonyl (C=O) groups excluding carboxylic acids is 1. The maximum Gasteiger partial charge on any atom is 0.267 e. The number of nitrogens with one attached hydrogen (secondary N) is 1. The second-order valence-electron chi connectivity index (χ2n) is 5.52. The van der Waals surface area contributed by atoms with E-state index >= 15 is 0 Å². The number of nitrogens with zero attached hydrogens (tertiary/aromatic N) is 1. The van der Waals surface area contributed by atoms with E-state index in [9.17, 15) is 13.2 Å². The van der Waals surface area contributed by atoms with Crippen LogP contribution in [0.2, 0.25) is 10.0 Å². The van der Waals surface area contributed by atoms with E-state index in [2.05, 4.69) is 5.32 Å². The van der Waals surface area contributed by atoms with Crippen LogP contribution < -0.4 is 14.4 Å². The molecule has 1 aliphatic heterocycles. The van der Waals surface area contributed by atoms with Crippen LogP contribution in [0.1, 0.15) is 0 Å². The van der Waals surface area contributed by atoms with Crippen LogP contribution in [-0.2, 0) is 14.8 Å². The summed E-state index contributed by atoms with van der Waals surface area (Å²) in [6, 6.07) is 11.3. The predicted octanol–water partition coefficient (Wildman–Crippen LogP) is 3.16. The maximum atomic E-state index is 12.5. The number of hydrogen-bond donors (Lipinski definition) is 1. The Morgan fingerprint density at radius 2 is 1.84 bits per heavy atom. The van der Waals surface area contributed by atoms with Gasteiger partial charge in [-0.1, -0.05) is 35.3 Å². The first-order valence-electron chi connectivity index (χ1n) is 7.24. The molecule has 1 amide bonds. The van der Waals surface area contributed by atoms with Gasteiger partial charge in [-0.2, -0.15) is 0 Å². The van der Waals surface area contributed by atoms with Crippen molar-refractivity contribution < 1.29 is 17.9 Å². The van der Waals surface area contributed by atoms with Crippen molar-refractivity contribution in [1.29, 1.82) is 0 Å². The first-order valence-corrected chi connectivity index (χ1v) is 9.85. The van der Waals surface area contributed by atoms with Crippen molar-refractivity contribution in [2.24, 2.45) is 0 Å². The van der Waals surface area contributed by atoms with E-state index in [1.807, 2.05) is 0 Å². The number of sulfonamides is 1. The molecule has 0 aliphatic carbocycles. The van der Waals surface area contributed by atoms with E-state index in [1.54, 1.807) is 24.3 Å². The van der Waals surface area contributed by atoms with E-state index in [4.69, 9.17) is 27.9 Å². The monoisotopic (exact) mass is 400 g/mol. The predicted molar refractivity (Wildman–Crippen MR) is 98.1 cm³/mol. The van der Waals surface area contributed by atoms with Crippen molar-refractivity contribution in [3.05, 3.63) is 52.5 Å². The van der Waals surface area contributed by atoms with E-state index in [1.165, 1.54) is 18.2 Å². The van der Waals surface area contributed by atoms with Gasteiger partial charge in [0.25, 0.3) is 5.91 Å². The van der Waals surface area contributed by atoms with Crippen LogP contribution in [-0.4, -0.2) is 33.2 Å². The van der Waals surface area contributed by atoms with Crippen LogP contribution in [0.25, 0.3) is 0 Å². The molecule has 0 unspecified atom stereocenters. The summed E-state index contributed by atoms with van der Waals surface area (Å²) in [6.07, 6.45) is 0.0725. The molecule has 0 aromatic heterocycles. The summed E-state index contributed by atoms with van der Waals surface area (Å²) in [6.45, 7) is -0.129. The molecule has 0 spiro atoms. The van der Waals surface area contributed by atoms with Crippen LogP contribution in [0.15, 0.2) is 42.5 Å². The third-order valence-electron chi connectivity index (χ3n) is 3.56. The molecule has 6 nitrogen and oxygen atoms in total. The maximum absolute atomic E-state index is 12.5. The lowest BCUT2D eigenvalue weighted by atomic mass is 10.2. The SMILES string of the molecule is CS(=O)(=O)N1C[C@@H](C(=O)Nc2cc(Cl)cc(Cl)c2)Oc2ccccc21. The highest BCUT2D eigenvalue weighted by Gasteiger charge is 2.34. The zero-order valence-corrected chi connectivity index (χ0v) is 15.4. The summed E-state index contributed by atoms with van der Waals surface area (Å²) in [7, 11) is -3.56. The van der Waals surface area contributed by atoms with Crippen molar-refractivity contribution in [3.8, 4) is 5.75 Å². The van der Waals surface area contributed by atoms with Gasteiger partial charge in [-0.05, 0) is 30.3 Å². The molecule has 1 aliphatic rings. The molecule has 0 saturated carbocycles. The number of amides is 1. The third-order valence-corrected chi connectivity index (χ3v) is 5.14. The average Bonchev–Trinajstić information content (AvgIpc) is 2.51. The first kappa shape index (κ1) is 17.8. The van der Waals surface area contributed by atoms with Gasteiger partial charge in [0.2, 0.25) is 10.0 Å². The van der Waals surface area contributed by atoms with Gasteiger partial charge in [0.15, 0.2) is 6.10 Å². The molecule has 0 radical (unpaired) electrons. The molecule has 0 saturated heterocycles. The van der Waals surface area contributed by atoms with Gasteiger partial charge in [-0.15, -0.1) is 0 Å². The number of anilines is 2. The van der Waals surface area contributed by atoms with Gasteiger partial charge in [0.05, 0.1) is 18.5 Å². The smallest absolute Gasteiger partial charge is 0.267 e. The van der Waals surface area contributed by atoms with E-state index in [0.717, 1.165) is 10.6 Å². The molecule has 132 valence electrons. The topological polar surface area (TPSA) is 75.7 Å². The molecule has 9 heteroatoms. The largest absolute Gasteiger partial charge is 0.476 e. The fraction of sp³-hybridized carbons (Fsp3) is 0.188. The van der Waals surface area contributed by atoms with E-state index < -0.39 is 22.0 Å². The number of hydrogen-bond acceptors (Lipinski definition) is 4. The Labute approximate surface area is 155 Å². The molecular weight excluding hydrogens is 387 g/mol. The molecule has 25 heavy (non-hydrogen) atoms. The van der Waals surface area contributed by atoms with Crippen molar-refractivity contribution in [2.45, 2.75) is 6.10 Å². The Morgan fingerprint density at radius 3 is 2.48 bits per heavy atom. The number of carbonyl (C=O) groups is 1. The van der Waals surface area contributed by atoms with Crippen LogP contribution in [0, 0.1) is 0 Å². The fourth-order valence-electron chi connectivity index (χ4n) is 2.50. The Balaban J connectivity index is 1.87. The highest BCUT2D eigenvalue weighted by Crippen LogP contribution is 2.35. The summed E-state index contributed by atoms with van der Waals surface area (Å²) in [4.78, 5) is 12.5. The van der Waals surface area contributed by atoms with Crippen molar-refractivity contribution >= 4 is 50.5 Å². The highest BCUT2D eigenvalue weighted by atomic mass is 35.5. The number of ether oxygens (including phenoxy) is 1. The van der Waals surface area contributed by atoms with E-state index in [-0.39, 0.29) is 6.54 Å². The van der Waals surface area contributed by atoms with Gasteiger partial charge < -0.3 is 10.1 Å². The Hall–Kier alpha value is -1.96. The minimum atomic E-state index is -3.56. The molecule has 0 fully saturated rings. The van der Waals surface area contributed by atoms with Crippen LogP contribution in [0.5, 0.6) is 5.75 Å². The third kappa shape index (κ3) is 4.00. The first-order chi connectivity index (χ1) is 11.7. The van der Waals surface area contributed by atoms with Crippen LogP contribution >= 0.6 is 23.2 Å². The average molecular weight is 401 g/mol. The Kier molecular flexibility index (Phi) is 4.81. The number of halogens is 2. The number of rotatable bonds is 3. The van der Waals surface area contributed by atoms with Gasteiger partial charge in [0, 0.05) is 15.7 Å². The standard InChI is InChI=1S/C16H14Cl2N2O4S/c1-25(22,23)20-9-15(24-14-5-3-2-4-13(14)20)16(21)19-12-7-10(17)6-11(18)8-12/h2-8,15H,9H2,1H3,(H,19,21)/t15-/m0/s1. The summed E-state index contributed by atoms with van der Waals surface area (Å²) in [5.41, 5.74) is 0.802. The molecule has 3 rings (SSSR count). The minimum absolute atomic E-state index is 0.129. The fourth-order valence-corrected chi connectivity index (χ4v) is 3.94. The molecule has 1 N–H and O–H groups in total. The summed E-state index contributed by atoms with van der Waals surface area (Å²) < 4.78 is 31.0. The lowest BCUT2D eigenvalue weighted by molar-refractivity contribution is -0.122. The molecule has 0 bridgehead atoms. The van der Waals surface area contributed by atoms with Gasteiger partial charge in [-0.3, -0.25) is 9.10 Å². The lowest BCUT2D eigenvalue weighted by Crippen LogP contribution is -2.48. The van der Waals surface area contributed by atoms with E-state index in [0.29, 0.717) is 27.2 Å². The summed E-state index contributed by atoms with van der Waals surface area (Å²) in [5, 5.41) is 3.38. The zero-order chi connectivity index (χ0) is 18.2. The van der Waals surface area contributed by atoms with Crippen LogP contribution in [0.4, 0.5) is 11.4 Å². The number of fused-ring (bicyclic) bond motifs is 1. The zero-order valence-electron chi connectivity index (χ0n) is 13.1. The normalized spacial score (nSPS) is 16.8. The molecule has 1 heterocycles. The van der Waals surface area contributed by atoms with Gasteiger partial charge in [0.1, 0.15) is 5.75 Å². The molecular formula is C16H14Cl2N2O4S. The van der Waals surface area contributed by atoms with Crippen molar-refractivity contribution in [2.75, 3.05) is 22.4 Å². The second-order valence-corrected chi connectivity index (χ2v) is 8.30. The lowest BCUT2D eigenvalue weighted by Gasteiger charge is -2.33. The quantitative estimate of drug-likeness (QED) is 0.858. The minimum Gasteiger partial charge on any atom is -0.476 e. The van der Waals surface area contributed by atoms with Crippen LogP contribution in [0.3, 0.4) is 0 Å². The summed E-state index contributed by atoms with van der Waals surface area (Å²) in [5.74, 6) is -0.176. The second kappa shape index (κ2) is 6.74. The van der Waals surface area contributed by atoms with Crippen molar-refractivity contribution in [1.82, 2.24) is 0 Å². The van der Waals surface area contributed by atoms with Crippen molar-refractivity contribution in [3.63, 3.8) is 0 Å². The Morgan fingerprint density at radius 1 is 1.20 bits per heavy atom. The molecule has 1 atom stereocenters. The Bertz CT molecular complexity index is 913. The summed E-state index contributed by atoms with van der Waals surface area (Å²) >= 11 is 11.8. The van der Waals surface area contributed by atoms with Gasteiger partial charge in [-0.25, -0.2) is 8.42 Å².